The number of halogens is 2. The predicted molar refractivity (Wildman–Crippen MR) is 72.2 cm³/mol. The lowest BCUT2D eigenvalue weighted by molar-refractivity contribution is 0.102. The molecule has 0 unspecified atom stereocenters. The summed E-state index contributed by atoms with van der Waals surface area (Å²) in [6, 6.07) is 8.83. The fourth-order valence-corrected chi connectivity index (χ4v) is 1.77. The molecule has 2 aromatic carbocycles. The molecule has 0 bridgehead atoms. The smallest absolute Gasteiger partial charge is 0.255 e. The van der Waals surface area contributed by atoms with Gasteiger partial charge in [0.1, 0.15) is 5.82 Å². The van der Waals surface area contributed by atoms with E-state index in [0.29, 0.717) is 5.56 Å². The minimum absolute atomic E-state index is 0.0597. The van der Waals surface area contributed by atoms with Crippen LogP contribution < -0.4 is 5.32 Å². The molecule has 98 valence electrons. The highest BCUT2D eigenvalue weighted by molar-refractivity contribution is 6.32. The van der Waals surface area contributed by atoms with Crippen molar-refractivity contribution in [3.8, 4) is 5.75 Å². The average Bonchev–Trinajstić information content (AvgIpc) is 2.36. The first kappa shape index (κ1) is 13.4. The first-order valence-corrected chi connectivity index (χ1v) is 5.91. The molecule has 0 fully saturated rings. The van der Waals surface area contributed by atoms with Crippen molar-refractivity contribution in [1.82, 2.24) is 0 Å². The molecule has 0 saturated heterocycles. The third-order valence-electron chi connectivity index (χ3n) is 2.59. The highest BCUT2D eigenvalue weighted by Gasteiger charge is 2.12. The van der Waals surface area contributed by atoms with Crippen LogP contribution in [0.4, 0.5) is 10.1 Å². The van der Waals surface area contributed by atoms with Gasteiger partial charge in [-0.2, -0.15) is 0 Å². The van der Waals surface area contributed by atoms with Crippen molar-refractivity contribution in [2.75, 3.05) is 5.32 Å². The minimum atomic E-state index is -0.637. The van der Waals surface area contributed by atoms with Crippen LogP contribution >= 0.6 is 11.6 Å². The second kappa shape index (κ2) is 5.28. The number of nitrogens with one attached hydrogen (secondary N) is 1. The van der Waals surface area contributed by atoms with Crippen molar-refractivity contribution in [1.29, 1.82) is 0 Å². The number of aromatic hydroxyl groups is 1. The van der Waals surface area contributed by atoms with Gasteiger partial charge in [-0.3, -0.25) is 4.79 Å². The first-order chi connectivity index (χ1) is 8.97. The number of hydrogen-bond donors (Lipinski definition) is 2. The van der Waals surface area contributed by atoms with Crippen LogP contribution in [0, 0.1) is 12.7 Å². The summed E-state index contributed by atoms with van der Waals surface area (Å²) in [5.41, 5.74) is 1.37. The topological polar surface area (TPSA) is 49.3 Å². The highest BCUT2D eigenvalue weighted by Crippen LogP contribution is 2.32. The molecule has 0 aliphatic heterocycles. The molecule has 1 amide bonds. The Morgan fingerprint density at radius 2 is 1.89 bits per heavy atom. The van der Waals surface area contributed by atoms with E-state index in [1.54, 1.807) is 24.3 Å². The van der Waals surface area contributed by atoms with Gasteiger partial charge in [0.2, 0.25) is 0 Å². The first-order valence-electron chi connectivity index (χ1n) is 5.53. The third kappa shape index (κ3) is 3.03. The molecular weight excluding hydrogens is 269 g/mol. The quantitative estimate of drug-likeness (QED) is 0.823. The van der Waals surface area contributed by atoms with Crippen molar-refractivity contribution in [3.63, 3.8) is 0 Å². The van der Waals surface area contributed by atoms with Gasteiger partial charge >= 0.3 is 0 Å². The van der Waals surface area contributed by atoms with Crippen LogP contribution in [0.1, 0.15) is 15.9 Å². The van der Waals surface area contributed by atoms with E-state index in [1.807, 2.05) is 6.92 Å². The zero-order valence-corrected chi connectivity index (χ0v) is 10.8. The van der Waals surface area contributed by atoms with Gasteiger partial charge in [-0.15, -0.1) is 0 Å². The molecular formula is C14H11ClFNO2. The lowest BCUT2D eigenvalue weighted by Gasteiger charge is -2.09. The summed E-state index contributed by atoms with van der Waals surface area (Å²) in [4.78, 5) is 11.9. The van der Waals surface area contributed by atoms with E-state index < -0.39 is 11.7 Å². The number of carbonyl (C=O) groups excluding carboxylic acids is 1. The number of rotatable bonds is 2. The molecule has 0 atom stereocenters. The van der Waals surface area contributed by atoms with Crippen LogP contribution in [0.25, 0.3) is 0 Å². The lowest BCUT2D eigenvalue weighted by Crippen LogP contribution is -2.12. The molecule has 5 heteroatoms. The molecule has 0 heterocycles. The second-order valence-corrected chi connectivity index (χ2v) is 4.51. The Morgan fingerprint density at radius 3 is 2.53 bits per heavy atom. The summed E-state index contributed by atoms with van der Waals surface area (Å²) >= 11 is 5.63. The maximum absolute atomic E-state index is 13.2. The van der Waals surface area contributed by atoms with E-state index in [0.717, 1.165) is 17.7 Å². The number of aryl methyl sites for hydroxylation is 1. The fourth-order valence-electron chi connectivity index (χ4n) is 1.56. The molecule has 2 N–H and O–H groups in total. The van der Waals surface area contributed by atoms with E-state index in [4.69, 9.17) is 11.6 Å². The molecule has 19 heavy (non-hydrogen) atoms. The molecule has 0 aliphatic carbocycles. The summed E-state index contributed by atoms with van der Waals surface area (Å²) in [7, 11) is 0. The van der Waals surface area contributed by atoms with E-state index in [1.165, 1.54) is 0 Å². The molecule has 2 rings (SSSR count). The summed E-state index contributed by atoms with van der Waals surface area (Å²) in [5, 5.41) is 11.9. The molecule has 0 radical (unpaired) electrons. The van der Waals surface area contributed by atoms with Crippen molar-refractivity contribution in [3.05, 3.63) is 58.4 Å². The van der Waals surface area contributed by atoms with Crippen LogP contribution in [0.3, 0.4) is 0 Å². The number of anilines is 1. The van der Waals surface area contributed by atoms with Gasteiger partial charge in [0.25, 0.3) is 5.91 Å². The van der Waals surface area contributed by atoms with Gasteiger partial charge in [0.15, 0.2) is 5.75 Å². The Bertz CT molecular complexity index is 626. The van der Waals surface area contributed by atoms with Crippen LogP contribution in [0.15, 0.2) is 36.4 Å². The van der Waals surface area contributed by atoms with Gasteiger partial charge in [-0.05, 0) is 25.1 Å². The van der Waals surface area contributed by atoms with E-state index in [2.05, 4.69) is 5.32 Å². The molecule has 0 aromatic heterocycles. The standard InChI is InChI=1S/C14H11ClFNO2/c1-8-2-4-9(5-3-8)14(19)17-12-7-10(16)6-11(15)13(12)18/h2-7,18H,1H3,(H,17,19). The van der Waals surface area contributed by atoms with E-state index >= 15 is 0 Å². The summed E-state index contributed by atoms with van der Waals surface area (Å²) < 4.78 is 13.2. The van der Waals surface area contributed by atoms with Gasteiger partial charge in [0.05, 0.1) is 10.7 Å². The monoisotopic (exact) mass is 279 g/mol. The molecule has 0 saturated carbocycles. The minimum Gasteiger partial charge on any atom is -0.504 e. The summed E-state index contributed by atoms with van der Waals surface area (Å²) in [5.74, 6) is -1.44. The van der Waals surface area contributed by atoms with Crippen LogP contribution in [-0.2, 0) is 0 Å². The van der Waals surface area contributed by atoms with Gasteiger partial charge in [-0.1, -0.05) is 29.3 Å². The predicted octanol–water partition coefficient (Wildman–Crippen LogP) is 3.75. The Hall–Kier alpha value is -2.07. The van der Waals surface area contributed by atoms with E-state index in [9.17, 15) is 14.3 Å². The zero-order valence-electron chi connectivity index (χ0n) is 10.1. The van der Waals surface area contributed by atoms with Crippen LogP contribution in [0.2, 0.25) is 5.02 Å². The van der Waals surface area contributed by atoms with Crippen molar-refractivity contribution >= 4 is 23.2 Å². The second-order valence-electron chi connectivity index (χ2n) is 4.10. The number of phenolic OH excluding ortho intramolecular Hbond substituents is 1. The maximum Gasteiger partial charge on any atom is 0.255 e. The molecule has 0 aliphatic rings. The fraction of sp³-hybridized carbons (Fsp3) is 0.0714. The average molecular weight is 280 g/mol. The van der Waals surface area contributed by atoms with Crippen molar-refractivity contribution < 1.29 is 14.3 Å². The SMILES string of the molecule is Cc1ccc(C(=O)Nc2cc(F)cc(Cl)c2O)cc1. The zero-order chi connectivity index (χ0) is 14.0. The summed E-state index contributed by atoms with van der Waals surface area (Å²) in [6.07, 6.45) is 0. The van der Waals surface area contributed by atoms with E-state index in [-0.39, 0.29) is 16.5 Å². The Morgan fingerprint density at radius 1 is 1.26 bits per heavy atom. The highest BCUT2D eigenvalue weighted by atomic mass is 35.5. The van der Waals surface area contributed by atoms with Gasteiger partial charge in [0, 0.05) is 11.6 Å². The lowest BCUT2D eigenvalue weighted by atomic mass is 10.1. The number of hydrogen-bond acceptors (Lipinski definition) is 2. The largest absolute Gasteiger partial charge is 0.504 e. The van der Waals surface area contributed by atoms with Crippen molar-refractivity contribution in [2.24, 2.45) is 0 Å². The molecule has 2 aromatic rings. The molecule has 0 spiro atoms. The number of phenols is 1. The van der Waals surface area contributed by atoms with Crippen molar-refractivity contribution in [2.45, 2.75) is 6.92 Å². The van der Waals surface area contributed by atoms with Crippen LogP contribution in [-0.4, -0.2) is 11.0 Å². The van der Waals surface area contributed by atoms with Crippen LogP contribution in [0.5, 0.6) is 5.75 Å². The normalized spacial score (nSPS) is 10.3. The Labute approximate surface area is 114 Å². The summed E-state index contributed by atoms with van der Waals surface area (Å²) in [6.45, 7) is 1.90. The maximum atomic E-state index is 13.2. The van der Waals surface area contributed by atoms with Gasteiger partial charge in [-0.25, -0.2) is 4.39 Å². The van der Waals surface area contributed by atoms with Gasteiger partial charge < -0.3 is 10.4 Å². The number of carbonyl (C=O) groups is 1. The number of benzene rings is 2. The third-order valence-corrected chi connectivity index (χ3v) is 2.88. The number of amides is 1. The Balaban J connectivity index is 2.26. The molecule has 3 nitrogen and oxygen atoms in total. The Kier molecular flexibility index (Phi) is 3.71.